The summed E-state index contributed by atoms with van der Waals surface area (Å²) in [5, 5.41) is 8.02. The fourth-order valence-corrected chi connectivity index (χ4v) is 2.60. The van der Waals surface area contributed by atoms with E-state index in [2.05, 4.69) is 5.32 Å². The van der Waals surface area contributed by atoms with Gasteiger partial charge in [-0.2, -0.15) is 0 Å². The highest BCUT2D eigenvalue weighted by Gasteiger charge is 2.20. The average molecular weight is 305 g/mol. The molecule has 0 radical (unpaired) electrons. The molecule has 0 atom stereocenters. The van der Waals surface area contributed by atoms with Gasteiger partial charge in [0.2, 0.25) is 10.0 Å². The van der Waals surface area contributed by atoms with E-state index in [4.69, 9.17) is 16.7 Å². The van der Waals surface area contributed by atoms with Gasteiger partial charge in [-0.15, -0.1) is 0 Å². The van der Waals surface area contributed by atoms with Crippen molar-refractivity contribution in [3.8, 4) is 0 Å². The molecule has 0 aromatic heterocycles. The molecule has 19 heavy (non-hydrogen) atoms. The van der Waals surface area contributed by atoms with Gasteiger partial charge in [-0.1, -0.05) is 11.6 Å². The van der Waals surface area contributed by atoms with Gasteiger partial charge in [-0.25, -0.2) is 13.6 Å². The van der Waals surface area contributed by atoms with E-state index in [1.165, 1.54) is 19.1 Å². The van der Waals surface area contributed by atoms with Gasteiger partial charge < -0.3 is 5.32 Å². The Morgan fingerprint density at radius 1 is 1.32 bits per heavy atom. The highest BCUT2D eigenvalue weighted by atomic mass is 35.5. The molecule has 1 rings (SSSR count). The number of hydrogen-bond donors (Lipinski definition) is 2. The van der Waals surface area contributed by atoms with E-state index in [1.54, 1.807) is 0 Å². The highest BCUT2D eigenvalue weighted by molar-refractivity contribution is 7.89. The van der Waals surface area contributed by atoms with Crippen molar-refractivity contribution in [2.24, 2.45) is 5.14 Å². The van der Waals surface area contributed by atoms with Crippen molar-refractivity contribution >= 4 is 27.5 Å². The molecule has 1 aromatic rings. The first-order chi connectivity index (χ1) is 8.42. The van der Waals surface area contributed by atoms with Crippen LogP contribution >= 0.6 is 11.6 Å². The number of carbonyl (C=O) groups excluding carboxylic acids is 1. The van der Waals surface area contributed by atoms with E-state index in [1.807, 2.05) is 20.8 Å². The molecular weight excluding hydrogens is 288 g/mol. The van der Waals surface area contributed by atoms with Gasteiger partial charge in [0.05, 0.1) is 4.90 Å². The van der Waals surface area contributed by atoms with Crippen LogP contribution < -0.4 is 10.5 Å². The van der Waals surface area contributed by atoms with Crippen molar-refractivity contribution in [3.63, 3.8) is 0 Å². The van der Waals surface area contributed by atoms with Crippen molar-refractivity contribution < 1.29 is 13.2 Å². The van der Waals surface area contributed by atoms with Crippen LogP contribution in [-0.2, 0) is 10.0 Å². The topological polar surface area (TPSA) is 89.3 Å². The second kappa shape index (κ2) is 5.11. The second-order valence-electron chi connectivity index (χ2n) is 5.33. The molecule has 0 saturated heterocycles. The molecule has 0 bridgehead atoms. The quantitative estimate of drug-likeness (QED) is 0.873. The molecule has 0 heterocycles. The predicted molar refractivity (Wildman–Crippen MR) is 74.8 cm³/mol. The Morgan fingerprint density at radius 3 is 2.26 bits per heavy atom. The molecule has 1 aromatic carbocycles. The first-order valence-electron chi connectivity index (χ1n) is 5.57. The molecule has 0 aliphatic heterocycles. The van der Waals surface area contributed by atoms with Gasteiger partial charge in [0.1, 0.15) is 0 Å². The van der Waals surface area contributed by atoms with Crippen LogP contribution in [0.3, 0.4) is 0 Å². The summed E-state index contributed by atoms with van der Waals surface area (Å²) in [6, 6.07) is 2.66. The standard InChI is InChI=1S/C12H17ClN2O3S/c1-7-9(13)5-8(6-10(7)19(14,17)18)11(16)15-12(2,3)4/h5-6H,1-4H3,(H,15,16)(H2,14,17,18). The molecule has 3 N–H and O–H groups in total. The van der Waals surface area contributed by atoms with Crippen LogP contribution in [0.25, 0.3) is 0 Å². The zero-order valence-electron chi connectivity index (χ0n) is 11.2. The Labute approximate surface area is 118 Å². The van der Waals surface area contributed by atoms with Crippen molar-refractivity contribution in [2.45, 2.75) is 38.1 Å². The normalized spacial score (nSPS) is 12.3. The second-order valence-corrected chi connectivity index (χ2v) is 7.27. The number of amides is 1. The Hall–Kier alpha value is -1.11. The molecule has 0 unspecified atom stereocenters. The Balaban J connectivity index is 3.33. The third kappa shape index (κ3) is 4.19. The third-order valence-electron chi connectivity index (χ3n) is 2.35. The number of halogens is 1. The maximum atomic E-state index is 12.0. The van der Waals surface area contributed by atoms with Crippen molar-refractivity contribution in [1.82, 2.24) is 5.32 Å². The third-order valence-corrected chi connectivity index (χ3v) is 3.78. The van der Waals surface area contributed by atoms with Crippen LogP contribution in [-0.4, -0.2) is 19.9 Å². The molecule has 0 spiro atoms. The number of benzene rings is 1. The Morgan fingerprint density at radius 2 is 1.84 bits per heavy atom. The average Bonchev–Trinajstić information content (AvgIpc) is 2.17. The van der Waals surface area contributed by atoms with Crippen LogP contribution in [0.1, 0.15) is 36.7 Å². The lowest BCUT2D eigenvalue weighted by Crippen LogP contribution is -2.40. The molecule has 106 valence electrons. The first kappa shape index (κ1) is 15.9. The number of rotatable bonds is 2. The van der Waals surface area contributed by atoms with Gasteiger partial charge in [0, 0.05) is 16.1 Å². The number of primary sulfonamides is 1. The summed E-state index contributed by atoms with van der Waals surface area (Å²) < 4.78 is 22.9. The van der Waals surface area contributed by atoms with Crippen LogP contribution in [0.2, 0.25) is 5.02 Å². The lowest BCUT2D eigenvalue weighted by molar-refractivity contribution is 0.0919. The zero-order valence-corrected chi connectivity index (χ0v) is 12.8. The summed E-state index contributed by atoms with van der Waals surface area (Å²) in [7, 11) is -3.92. The van der Waals surface area contributed by atoms with Crippen molar-refractivity contribution in [1.29, 1.82) is 0 Å². The zero-order chi connectivity index (χ0) is 15.0. The molecule has 0 fully saturated rings. The SMILES string of the molecule is Cc1c(Cl)cc(C(=O)NC(C)(C)C)cc1S(N)(=O)=O. The number of nitrogens with two attached hydrogens (primary N) is 1. The summed E-state index contributed by atoms with van der Waals surface area (Å²) in [5.74, 6) is -0.403. The van der Waals surface area contributed by atoms with E-state index in [-0.39, 0.29) is 15.5 Å². The van der Waals surface area contributed by atoms with E-state index in [9.17, 15) is 13.2 Å². The molecular formula is C12H17ClN2O3S. The Bertz CT molecular complexity index is 619. The van der Waals surface area contributed by atoms with E-state index in [0.29, 0.717) is 5.56 Å². The minimum atomic E-state index is -3.92. The minimum absolute atomic E-state index is 0.140. The minimum Gasteiger partial charge on any atom is -0.347 e. The van der Waals surface area contributed by atoms with Crippen LogP contribution in [0.5, 0.6) is 0 Å². The highest BCUT2D eigenvalue weighted by Crippen LogP contribution is 2.24. The summed E-state index contributed by atoms with van der Waals surface area (Å²) in [6.07, 6.45) is 0. The molecule has 0 saturated carbocycles. The molecule has 0 aliphatic carbocycles. The largest absolute Gasteiger partial charge is 0.347 e. The van der Waals surface area contributed by atoms with E-state index >= 15 is 0 Å². The van der Waals surface area contributed by atoms with Gasteiger partial charge in [-0.3, -0.25) is 4.79 Å². The Kier molecular flexibility index (Phi) is 4.29. The molecule has 1 amide bonds. The van der Waals surface area contributed by atoms with Gasteiger partial charge in [-0.05, 0) is 45.4 Å². The van der Waals surface area contributed by atoms with Crippen LogP contribution in [0, 0.1) is 6.92 Å². The predicted octanol–water partition coefficient (Wildman–Crippen LogP) is 1.82. The first-order valence-corrected chi connectivity index (χ1v) is 7.50. The number of nitrogens with one attached hydrogen (secondary N) is 1. The fourth-order valence-electron chi connectivity index (χ4n) is 1.49. The van der Waals surface area contributed by atoms with E-state index < -0.39 is 21.5 Å². The summed E-state index contributed by atoms with van der Waals surface area (Å²) >= 11 is 5.94. The fraction of sp³-hybridized carbons (Fsp3) is 0.417. The van der Waals surface area contributed by atoms with Crippen molar-refractivity contribution in [3.05, 3.63) is 28.3 Å². The maximum Gasteiger partial charge on any atom is 0.251 e. The summed E-state index contributed by atoms with van der Waals surface area (Å²) in [6.45, 7) is 7.00. The lowest BCUT2D eigenvalue weighted by Gasteiger charge is -2.21. The summed E-state index contributed by atoms with van der Waals surface area (Å²) in [4.78, 5) is 11.9. The number of sulfonamides is 1. The molecule has 7 heteroatoms. The van der Waals surface area contributed by atoms with E-state index in [0.717, 1.165) is 0 Å². The van der Waals surface area contributed by atoms with Crippen molar-refractivity contribution in [2.75, 3.05) is 0 Å². The van der Waals surface area contributed by atoms with Gasteiger partial charge in [0.25, 0.3) is 5.91 Å². The molecule has 5 nitrogen and oxygen atoms in total. The van der Waals surface area contributed by atoms with Crippen LogP contribution in [0.15, 0.2) is 17.0 Å². The smallest absolute Gasteiger partial charge is 0.251 e. The van der Waals surface area contributed by atoms with Crippen LogP contribution in [0.4, 0.5) is 0 Å². The summed E-state index contributed by atoms with van der Waals surface area (Å²) in [5.41, 5.74) is 0.0574. The monoisotopic (exact) mass is 304 g/mol. The van der Waals surface area contributed by atoms with Gasteiger partial charge >= 0.3 is 0 Å². The number of carbonyl (C=O) groups is 1. The van der Waals surface area contributed by atoms with Gasteiger partial charge in [0.15, 0.2) is 0 Å². The lowest BCUT2D eigenvalue weighted by atomic mass is 10.1. The molecule has 0 aliphatic rings. The maximum absolute atomic E-state index is 12.0. The number of hydrogen-bond acceptors (Lipinski definition) is 3.